The van der Waals surface area contributed by atoms with Gasteiger partial charge < -0.3 is 10.1 Å². The molecule has 160 valence electrons. The summed E-state index contributed by atoms with van der Waals surface area (Å²) >= 11 is 0. The van der Waals surface area contributed by atoms with Crippen molar-refractivity contribution in [3.05, 3.63) is 70.8 Å². The number of benzene rings is 2. The van der Waals surface area contributed by atoms with Crippen LogP contribution in [-0.4, -0.2) is 39.7 Å². The van der Waals surface area contributed by atoms with Gasteiger partial charge in [-0.1, -0.05) is 36.4 Å². The van der Waals surface area contributed by atoms with Gasteiger partial charge in [-0.25, -0.2) is 17.9 Å². The molecule has 0 aromatic heterocycles. The molecule has 0 radical (unpaired) electrons. The number of sulfonamides is 1. The molecule has 0 unspecified atom stereocenters. The normalized spacial score (nSPS) is 15.8. The van der Waals surface area contributed by atoms with Crippen molar-refractivity contribution in [1.29, 1.82) is 0 Å². The van der Waals surface area contributed by atoms with Crippen molar-refractivity contribution in [3.63, 3.8) is 0 Å². The molecule has 30 heavy (non-hydrogen) atoms. The average molecular weight is 431 g/mol. The van der Waals surface area contributed by atoms with Crippen LogP contribution in [0.4, 0.5) is 0 Å². The van der Waals surface area contributed by atoms with Crippen molar-refractivity contribution in [3.8, 4) is 0 Å². The van der Waals surface area contributed by atoms with E-state index in [2.05, 4.69) is 16.1 Å². The molecular formula is C22H26N2O5S. The van der Waals surface area contributed by atoms with E-state index in [1.807, 2.05) is 18.2 Å². The summed E-state index contributed by atoms with van der Waals surface area (Å²) in [5.74, 6) is -0.900. The van der Waals surface area contributed by atoms with Crippen molar-refractivity contribution >= 4 is 21.9 Å². The Hall–Kier alpha value is -2.71. The van der Waals surface area contributed by atoms with Gasteiger partial charge in [0.2, 0.25) is 10.0 Å². The minimum Gasteiger partial charge on any atom is -0.452 e. The van der Waals surface area contributed by atoms with Gasteiger partial charge in [-0.05, 0) is 54.5 Å². The van der Waals surface area contributed by atoms with E-state index < -0.39 is 16.0 Å². The smallest absolute Gasteiger partial charge is 0.338 e. The average Bonchev–Trinajstić information content (AvgIpc) is 2.72. The Bertz CT molecular complexity index is 1000. The van der Waals surface area contributed by atoms with E-state index in [4.69, 9.17) is 4.74 Å². The fourth-order valence-electron chi connectivity index (χ4n) is 3.54. The number of fused-ring (bicyclic) bond motifs is 1. The topological polar surface area (TPSA) is 102 Å². The summed E-state index contributed by atoms with van der Waals surface area (Å²) in [5.41, 5.74) is 3.60. The summed E-state index contributed by atoms with van der Waals surface area (Å²) in [6.07, 6.45) is 4.50. The van der Waals surface area contributed by atoms with Crippen molar-refractivity contribution in [2.75, 3.05) is 19.4 Å². The molecule has 7 nitrogen and oxygen atoms in total. The summed E-state index contributed by atoms with van der Waals surface area (Å²) in [7, 11) is -3.22. The first-order chi connectivity index (χ1) is 14.3. The highest BCUT2D eigenvalue weighted by Gasteiger charge is 2.22. The second-order valence-electron chi connectivity index (χ2n) is 7.40. The van der Waals surface area contributed by atoms with Crippen molar-refractivity contribution in [1.82, 2.24) is 10.0 Å². The van der Waals surface area contributed by atoms with Crippen LogP contribution in [0.1, 0.15) is 45.9 Å². The standard InChI is InChI=1S/C22H26N2O5S/c1-30(27,28)23-14-13-16-9-11-18(12-10-16)22(26)29-15-21(25)24-20-8-4-6-17-5-2-3-7-19(17)20/h2-3,5,7,9-12,20,23H,4,6,8,13-15H2,1H3,(H,24,25)/t20-/m1/s1. The molecule has 0 saturated heterocycles. The molecule has 0 bridgehead atoms. The first-order valence-electron chi connectivity index (χ1n) is 9.90. The second kappa shape index (κ2) is 9.86. The number of carbonyl (C=O) groups excluding carboxylic acids is 2. The lowest BCUT2D eigenvalue weighted by atomic mass is 9.88. The van der Waals surface area contributed by atoms with Crippen LogP contribution >= 0.6 is 0 Å². The Morgan fingerprint density at radius 1 is 1.10 bits per heavy atom. The molecule has 1 aliphatic rings. The molecule has 0 spiro atoms. The van der Waals surface area contributed by atoms with E-state index in [0.717, 1.165) is 36.6 Å². The molecular weight excluding hydrogens is 404 g/mol. The predicted octanol–water partition coefficient (Wildman–Crippen LogP) is 2.13. The van der Waals surface area contributed by atoms with Crippen LogP contribution in [0.5, 0.6) is 0 Å². The summed E-state index contributed by atoms with van der Waals surface area (Å²) in [5, 5.41) is 2.95. The van der Waals surface area contributed by atoms with Crippen LogP contribution in [0.2, 0.25) is 0 Å². The van der Waals surface area contributed by atoms with Crippen molar-refractivity contribution < 1.29 is 22.7 Å². The van der Waals surface area contributed by atoms with Gasteiger partial charge in [0.15, 0.2) is 6.61 Å². The number of aryl methyl sites for hydroxylation is 1. The van der Waals surface area contributed by atoms with Gasteiger partial charge in [0.1, 0.15) is 0 Å². The Morgan fingerprint density at radius 2 is 1.83 bits per heavy atom. The maximum atomic E-state index is 12.3. The zero-order valence-electron chi connectivity index (χ0n) is 16.9. The molecule has 2 aromatic rings. The first-order valence-corrected chi connectivity index (χ1v) is 11.8. The van der Waals surface area contributed by atoms with E-state index in [-0.39, 0.29) is 25.1 Å². The quantitative estimate of drug-likeness (QED) is 0.625. The fourth-order valence-corrected chi connectivity index (χ4v) is 4.02. The lowest BCUT2D eigenvalue weighted by molar-refractivity contribution is -0.125. The van der Waals surface area contributed by atoms with Crippen LogP contribution in [0.3, 0.4) is 0 Å². The molecule has 8 heteroatoms. The van der Waals surface area contributed by atoms with E-state index in [1.165, 1.54) is 5.56 Å². The van der Waals surface area contributed by atoms with Gasteiger partial charge in [0.05, 0.1) is 17.9 Å². The maximum Gasteiger partial charge on any atom is 0.338 e. The van der Waals surface area contributed by atoms with E-state index in [9.17, 15) is 18.0 Å². The third kappa shape index (κ3) is 6.40. The molecule has 0 fully saturated rings. The fraction of sp³-hybridized carbons (Fsp3) is 0.364. The summed E-state index contributed by atoms with van der Waals surface area (Å²) in [6, 6.07) is 14.7. The van der Waals surface area contributed by atoms with E-state index >= 15 is 0 Å². The van der Waals surface area contributed by atoms with Crippen LogP contribution in [0.25, 0.3) is 0 Å². The highest BCUT2D eigenvalue weighted by Crippen LogP contribution is 2.29. The van der Waals surface area contributed by atoms with Gasteiger partial charge in [-0.3, -0.25) is 4.79 Å². The minimum absolute atomic E-state index is 0.0546. The van der Waals surface area contributed by atoms with Gasteiger partial charge in [0.25, 0.3) is 5.91 Å². The minimum atomic E-state index is -3.22. The molecule has 3 rings (SSSR count). The van der Waals surface area contributed by atoms with Crippen molar-refractivity contribution in [2.24, 2.45) is 0 Å². The molecule has 1 atom stereocenters. The van der Waals surface area contributed by atoms with Crippen LogP contribution in [0.15, 0.2) is 48.5 Å². The summed E-state index contributed by atoms with van der Waals surface area (Å²) in [6.45, 7) is -0.0510. The van der Waals surface area contributed by atoms with Gasteiger partial charge in [0, 0.05) is 6.54 Å². The molecule has 2 aromatic carbocycles. The van der Waals surface area contributed by atoms with Crippen LogP contribution in [-0.2, 0) is 32.4 Å². The number of esters is 1. The van der Waals surface area contributed by atoms with Crippen molar-refractivity contribution in [2.45, 2.75) is 31.7 Å². The number of amides is 1. The number of hydrogen-bond acceptors (Lipinski definition) is 5. The van der Waals surface area contributed by atoms with Crippen LogP contribution < -0.4 is 10.0 Å². The van der Waals surface area contributed by atoms with E-state index in [1.54, 1.807) is 24.3 Å². The summed E-state index contributed by atoms with van der Waals surface area (Å²) < 4.78 is 29.7. The molecule has 0 aliphatic heterocycles. The predicted molar refractivity (Wildman–Crippen MR) is 114 cm³/mol. The molecule has 1 amide bonds. The Morgan fingerprint density at radius 3 is 2.57 bits per heavy atom. The Kier molecular flexibility index (Phi) is 7.23. The monoisotopic (exact) mass is 430 g/mol. The third-order valence-electron chi connectivity index (χ3n) is 5.01. The van der Waals surface area contributed by atoms with Crippen LogP contribution in [0, 0.1) is 0 Å². The summed E-state index contributed by atoms with van der Waals surface area (Å²) in [4.78, 5) is 24.5. The molecule has 0 heterocycles. The Labute approximate surface area is 176 Å². The van der Waals surface area contributed by atoms with Gasteiger partial charge in [-0.2, -0.15) is 0 Å². The molecule has 0 saturated carbocycles. The zero-order valence-corrected chi connectivity index (χ0v) is 17.7. The number of hydrogen-bond donors (Lipinski definition) is 2. The lowest BCUT2D eigenvalue weighted by Gasteiger charge is -2.26. The van der Waals surface area contributed by atoms with E-state index in [0.29, 0.717) is 12.0 Å². The third-order valence-corrected chi connectivity index (χ3v) is 5.74. The zero-order chi connectivity index (χ0) is 21.6. The molecule has 1 aliphatic carbocycles. The Balaban J connectivity index is 1.47. The number of carbonyl (C=O) groups is 2. The van der Waals surface area contributed by atoms with Gasteiger partial charge in [-0.15, -0.1) is 0 Å². The first kappa shape index (κ1) is 22.0. The van der Waals surface area contributed by atoms with Gasteiger partial charge >= 0.3 is 5.97 Å². The molecule has 2 N–H and O–H groups in total. The number of rotatable bonds is 8. The maximum absolute atomic E-state index is 12.3. The number of nitrogens with one attached hydrogen (secondary N) is 2. The lowest BCUT2D eigenvalue weighted by Crippen LogP contribution is -2.34. The largest absolute Gasteiger partial charge is 0.452 e. The highest BCUT2D eigenvalue weighted by molar-refractivity contribution is 7.88. The SMILES string of the molecule is CS(=O)(=O)NCCc1ccc(C(=O)OCC(=O)N[C@@H]2CCCc3ccccc32)cc1. The number of ether oxygens (including phenoxy) is 1. The second-order valence-corrected chi connectivity index (χ2v) is 9.23. The highest BCUT2D eigenvalue weighted by atomic mass is 32.2.